The molecule has 0 aromatic carbocycles. The monoisotopic (exact) mass is 339 g/mol. The van der Waals surface area contributed by atoms with E-state index in [1.165, 1.54) is 0 Å². The van der Waals surface area contributed by atoms with Crippen molar-refractivity contribution in [2.75, 3.05) is 0 Å². The number of rotatable bonds is 11. The van der Waals surface area contributed by atoms with Crippen molar-refractivity contribution in [3.8, 4) is 0 Å². The second-order valence-electron chi connectivity index (χ2n) is 5.14. The van der Waals surface area contributed by atoms with E-state index in [0.717, 1.165) is 38.5 Å². The van der Waals surface area contributed by atoms with Gasteiger partial charge in [-0.3, -0.25) is 0 Å². The van der Waals surface area contributed by atoms with Crippen LogP contribution in [-0.4, -0.2) is 18.2 Å². The highest BCUT2D eigenvalue weighted by Gasteiger charge is 2.74. The van der Waals surface area contributed by atoms with E-state index in [-0.39, 0.29) is 13.0 Å². The van der Waals surface area contributed by atoms with Gasteiger partial charge in [-0.15, -0.1) is 0 Å². The first kappa shape index (κ1) is 21.5. The molecule has 0 saturated carbocycles. The van der Waals surface area contributed by atoms with E-state index in [1.54, 1.807) is 0 Å². The molecule has 22 heavy (non-hydrogen) atoms. The number of unbranched alkanes of at least 4 members (excludes halogenated alkanes) is 8. The molecule has 0 aliphatic carbocycles. The van der Waals surface area contributed by atoms with Crippen molar-refractivity contribution in [1.29, 1.82) is 0 Å². The Kier molecular flexibility index (Phi) is 9.34. The Labute approximate surface area is 126 Å². The lowest BCUT2D eigenvalue weighted by Gasteiger charge is -2.29. The first-order valence-corrected chi connectivity index (χ1v) is 7.38. The lowest BCUT2D eigenvalue weighted by molar-refractivity contribution is -0.422. The molecule has 1 radical (unpaired) electrons. The summed E-state index contributed by atoms with van der Waals surface area (Å²) in [6.07, 6.45) is -5.21. The van der Waals surface area contributed by atoms with Gasteiger partial charge in [0.1, 0.15) is 0 Å². The van der Waals surface area contributed by atoms with Crippen LogP contribution in [0.25, 0.3) is 0 Å². The molecule has 0 amide bonds. The molecule has 0 fully saturated rings. The van der Waals surface area contributed by atoms with Crippen LogP contribution in [-0.2, 0) is 4.74 Å². The molecule has 0 aromatic heterocycles. The Morgan fingerprint density at radius 1 is 0.682 bits per heavy atom. The number of alkyl halides is 7. The minimum Gasteiger partial charge on any atom is -0.326 e. The van der Waals surface area contributed by atoms with Gasteiger partial charge in [-0.2, -0.15) is 30.7 Å². The average Bonchev–Trinajstić information content (AvgIpc) is 2.38. The molecule has 0 heterocycles. The molecule has 1 nitrogen and oxygen atoms in total. The SMILES string of the molecule is CCCCCCCCCC[CH]OC(F)(C(F)(F)F)C(F)(F)F. The second kappa shape index (κ2) is 9.57. The Balaban J connectivity index is 3.89. The minimum absolute atomic E-state index is 0.160. The topological polar surface area (TPSA) is 9.23 Å². The largest absolute Gasteiger partial charge is 0.458 e. The Bertz CT molecular complexity index is 272. The van der Waals surface area contributed by atoms with Crippen LogP contribution in [0.2, 0.25) is 0 Å². The van der Waals surface area contributed by atoms with Crippen LogP contribution in [0.3, 0.4) is 0 Å². The fourth-order valence-electron chi connectivity index (χ4n) is 1.83. The summed E-state index contributed by atoms with van der Waals surface area (Å²) >= 11 is 0. The molecule has 133 valence electrons. The van der Waals surface area contributed by atoms with Gasteiger partial charge in [0.2, 0.25) is 0 Å². The van der Waals surface area contributed by atoms with Crippen LogP contribution in [0, 0.1) is 6.61 Å². The summed E-state index contributed by atoms with van der Waals surface area (Å²) in [6, 6.07) is 0. The molecule has 0 aromatic rings. The highest BCUT2D eigenvalue weighted by molar-refractivity contribution is 4.86. The van der Waals surface area contributed by atoms with Gasteiger partial charge in [-0.1, -0.05) is 58.3 Å². The third-order valence-corrected chi connectivity index (χ3v) is 3.15. The number of halogens is 7. The van der Waals surface area contributed by atoms with E-state index in [4.69, 9.17) is 0 Å². The van der Waals surface area contributed by atoms with E-state index < -0.39 is 18.2 Å². The smallest absolute Gasteiger partial charge is 0.326 e. The first-order valence-electron chi connectivity index (χ1n) is 7.38. The lowest BCUT2D eigenvalue weighted by atomic mass is 10.1. The van der Waals surface area contributed by atoms with Crippen molar-refractivity contribution >= 4 is 0 Å². The molecule has 0 rings (SSSR count). The molecule has 0 aliphatic rings. The number of hydrogen-bond donors (Lipinski definition) is 0. The standard InChI is InChI=1S/C14H22F7O/c1-2-3-4-5-6-7-8-9-10-11-22-12(15,13(16,17)18)14(19,20)21/h11H,2-10H2,1H3. The second-order valence-corrected chi connectivity index (χ2v) is 5.14. The molecule has 8 heteroatoms. The van der Waals surface area contributed by atoms with E-state index in [9.17, 15) is 30.7 Å². The molecular weight excluding hydrogens is 317 g/mol. The summed E-state index contributed by atoms with van der Waals surface area (Å²) in [5.41, 5.74) is 0. The predicted octanol–water partition coefficient (Wildman–Crippen LogP) is 6.49. The van der Waals surface area contributed by atoms with Crippen LogP contribution < -0.4 is 0 Å². The van der Waals surface area contributed by atoms with E-state index in [0.29, 0.717) is 12.8 Å². The normalized spacial score (nSPS) is 13.6. The Hall–Kier alpha value is -0.530. The fraction of sp³-hybridized carbons (Fsp3) is 0.929. The van der Waals surface area contributed by atoms with Gasteiger partial charge in [0.25, 0.3) is 0 Å². The predicted molar refractivity (Wildman–Crippen MR) is 68.6 cm³/mol. The highest BCUT2D eigenvalue weighted by atomic mass is 19.4. The zero-order chi connectivity index (χ0) is 17.3. The van der Waals surface area contributed by atoms with Gasteiger partial charge in [0.15, 0.2) is 0 Å². The molecule has 0 saturated heterocycles. The zero-order valence-electron chi connectivity index (χ0n) is 12.5. The van der Waals surface area contributed by atoms with Crippen molar-refractivity contribution in [1.82, 2.24) is 0 Å². The van der Waals surface area contributed by atoms with Crippen LogP contribution in [0.15, 0.2) is 0 Å². The molecule has 0 spiro atoms. The number of hydrogen-bond acceptors (Lipinski definition) is 1. The van der Waals surface area contributed by atoms with Crippen molar-refractivity contribution in [3.05, 3.63) is 6.61 Å². The molecule has 0 N–H and O–H groups in total. The molecule has 0 unspecified atom stereocenters. The van der Waals surface area contributed by atoms with Crippen LogP contribution in [0.1, 0.15) is 64.7 Å². The van der Waals surface area contributed by atoms with E-state index >= 15 is 0 Å². The van der Waals surface area contributed by atoms with Crippen molar-refractivity contribution < 1.29 is 35.5 Å². The fourth-order valence-corrected chi connectivity index (χ4v) is 1.83. The van der Waals surface area contributed by atoms with Crippen molar-refractivity contribution in [3.63, 3.8) is 0 Å². The van der Waals surface area contributed by atoms with E-state index in [1.807, 2.05) is 0 Å². The molecule has 0 aliphatic heterocycles. The summed E-state index contributed by atoms with van der Waals surface area (Å²) < 4.78 is 89.3. The molecule has 0 atom stereocenters. The van der Waals surface area contributed by atoms with Crippen molar-refractivity contribution in [2.45, 2.75) is 82.9 Å². The summed E-state index contributed by atoms with van der Waals surface area (Å²) in [6.45, 7) is 2.35. The lowest BCUT2D eigenvalue weighted by Crippen LogP contribution is -2.54. The minimum atomic E-state index is -6.17. The Morgan fingerprint density at radius 3 is 1.50 bits per heavy atom. The highest BCUT2D eigenvalue weighted by Crippen LogP contribution is 2.47. The summed E-state index contributed by atoms with van der Waals surface area (Å²) in [5, 5.41) is 0. The summed E-state index contributed by atoms with van der Waals surface area (Å²) in [5.74, 6) is -5.64. The molecular formula is C14H22F7O. The van der Waals surface area contributed by atoms with Crippen molar-refractivity contribution in [2.24, 2.45) is 0 Å². The third-order valence-electron chi connectivity index (χ3n) is 3.15. The van der Waals surface area contributed by atoms with Gasteiger partial charge in [0, 0.05) is 0 Å². The van der Waals surface area contributed by atoms with Gasteiger partial charge < -0.3 is 4.74 Å². The Morgan fingerprint density at radius 2 is 1.09 bits per heavy atom. The molecule has 0 bridgehead atoms. The quantitative estimate of drug-likeness (QED) is 0.309. The van der Waals surface area contributed by atoms with E-state index in [2.05, 4.69) is 11.7 Å². The van der Waals surface area contributed by atoms with Gasteiger partial charge in [-0.05, 0) is 6.42 Å². The summed E-state index contributed by atoms with van der Waals surface area (Å²) in [7, 11) is 0. The maximum Gasteiger partial charge on any atom is 0.458 e. The van der Waals surface area contributed by atoms with Crippen LogP contribution in [0.4, 0.5) is 30.7 Å². The van der Waals surface area contributed by atoms with Crippen LogP contribution in [0.5, 0.6) is 0 Å². The maximum absolute atomic E-state index is 13.1. The average molecular weight is 339 g/mol. The summed E-state index contributed by atoms with van der Waals surface area (Å²) in [4.78, 5) is 0. The first-order chi connectivity index (χ1) is 10.1. The van der Waals surface area contributed by atoms with Gasteiger partial charge in [-0.25, -0.2) is 0 Å². The third kappa shape index (κ3) is 7.15. The maximum atomic E-state index is 13.1. The van der Waals surface area contributed by atoms with Gasteiger partial charge in [0.05, 0.1) is 6.61 Å². The zero-order valence-corrected chi connectivity index (χ0v) is 12.5. The van der Waals surface area contributed by atoms with Gasteiger partial charge >= 0.3 is 18.2 Å². The number of ether oxygens (including phenoxy) is 1. The van der Waals surface area contributed by atoms with Crippen LogP contribution >= 0.6 is 0 Å².